The van der Waals surface area contributed by atoms with Gasteiger partial charge in [-0.3, -0.25) is 9.59 Å². The van der Waals surface area contributed by atoms with Crippen LogP contribution in [-0.4, -0.2) is 50.1 Å². The molecule has 1 aromatic heterocycles. The Morgan fingerprint density at radius 1 is 1.47 bits per heavy atom. The van der Waals surface area contributed by atoms with Crippen molar-refractivity contribution in [3.63, 3.8) is 0 Å². The van der Waals surface area contributed by atoms with E-state index in [1.54, 1.807) is 0 Å². The molecule has 1 amide bonds. The zero-order valence-corrected chi connectivity index (χ0v) is 12.4. The number of thiophene rings is 1. The summed E-state index contributed by atoms with van der Waals surface area (Å²) in [6, 6.07) is 1.38. The lowest BCUT2D eigenvalue weighted by atomic mass is 10.2. The lowest BCUT2D eigenvalue weighted by molar-refractivity contribution is -0.141. The van der Waals surface area contributed by atoms with Crippen LogP contribution in [0.2, 0.25) is 0 Å². The first kappa shape index (κ1) is 15.6. The van der Waals surface area contributed by atoms with E-state index in [0.29, 0.717) is 0 Å². The topological polar surface area (TPSA) is 91.8 Å². The molecule has 0 aliphatic carbocycles. The Labute approximate surface area is 115 Å². The van der Waals surface area contributed by atoms with Gasteiger partial charge in [0.25, 0.3) is 5.91 Å². The molecule has 0 bridgehead atoms. The van der Waals surface area contributed by atoms with Gasteiger partial charge in [-0.25, -0.2) is 8.42 Å². The molecule has 8 heteroatoms. The summed E-state index contributed by atoms with van der Waals surface area (Å²) in [6.07, 6.45) is 1.03. The van der Waals surface area contributed by atoms with E-state index in [0.717, 1.165) is 17.6 Å². The molecule has 0 aliphatic rings. The number of aliphatic carboxylic acids is 1. The van der Waals surface area contributed by atoms with Crippen molar-refractivity contribution in [2.45, 2.75) is 11.8 Å². The molecule has 1 N–H and O–H groups in total. The summed E-state index contributed by atoms with van der Waals surface area (Å²) in [5.74, 6) is -2.20. The van der Waals surface area contributed by atoms with Crippen LogP contribution in [0.1, 0.15) is 16.6 Å². The smallest absolute Gasteiger partial charge is 0.308 e. The quantitative estimate of drug-likeness (QED) is 0.874. The van der Waals surface area contributed by atoms with Crippen molar-refractivity contribution in [2.24, 2.45) is 5.92 Å². The predicted molar refractivity (Wildman–Crippen MR) is 71.2 cm³/mol. The zero-order valence-electron chi connectivity index (χ0n) is 10.8. The molecule has 1 atom stereocenters. The number of nitrogens with zero attached hydrogens (tertiary/aromatic N) is 1. The van der Waals surface area contributed by atoms with Gasteiger partial charge in [0, 0.05) is 19.8 Å². The summed E-state index contributed by atoms with van der Waals surface area (Å²) in [5.41, 5.74) is 0. The Balaban J connectivity index is 2.96. The Morgan fingerprint density at radius 2 is 2.05 bits per heavy atom. The molecule has 1 aromatic rings. The minimum Gasteiger partial charge on any atom is -0.481 e. The minimum absolute atomic E-state index is 0.0164. The van der Waals surface area contributed by atoms with Crippen molar-refractivity contribution < 1.29 is 23.1 Å². The lowest BCUT2D eigenvalue weighted by Gasteiger charge is -2.19. The van der Waals surface area contributed by atoms with E-state index in [4.69, 9.17) is 5.11 Å². The number of carbonyl (C=O) groups is 2. The number of carbonyl (C=O) groups excluding carboxylic acids is 1. The predicted octanol–water partition coefficient (Wildman–Crippen LogP) is 0.944. The monoisotopic (exact) mass is 305 g/mol. The molecule has 6 nitrogen and oxygen atoms in total. The van der Waals surface area contributed by atoms with E-state index < -0.39 is 27.6 Å². The SMILES string of the molecule is CC(CN(C)C(=O)c1sccc1S(C)(=O)=O)C(=O)O. The molecular weight excluding hydrogens is 290 g/mol. The fourth-order valence-corrected chi connectivity index (χ4v) is 3.70. The molecule has 106 valence electrons. The Morgan fingerprint density at radius 3 is 2.53 bits per heavy atom. The normalized spacial score (nSPS) is 13.0. The maximum atomic E-state index is 12.1. The van der Waals surface area contributed by atoms with Crippen molar-refractivity contribution in [2.75, 3.05) is 19.8 Å². The van der Waals surface area contributed by atoms with E-state index in [-0.39, 0.29) is 16.3 Å². The number of sulfone groups is 1. The Kier molecular flexibility index (Phi) is 4.70. The fourth-order valence-electron chi connectivity index (χ4n) is 1.49. The van der Waals surface area contributed by atoms with Crippen molar-refractivity contribution in [1.82, 2.24) is 4.90 Å². The molecule has 0 aromatic carbocycles. The van der Waals surface area contributed by atoms with Gasteiger partial charge in [-0.05, 0) is 11.4 Å². The summed E-state index contributed by atoms with van der Waals surface area (Å²) in [6.45, 7) is 1.51. The fraction of sp³-hybridized carbons (Fsp3) is 0.455. The molecular formula is C11H15NO5S2. The first-order valence-electron chi connectivity index (χ1n) is 5.40. The number of rotatable bonds is 5. The highest BCUT2D eigenvalue weighted by Gasteiger charge is 2.24. The van der Waals surface area contributed by atoms with Gasteiger partial charge >= 0.3 is 5.97 Å². The van der Waals surface area contributed by atoms with Crippen molar-refractivity contribution >= 4 is 33.1 Å². The van der Waals surface area contributed by atoms with Crippen LogP contribution < -0.4 is 0 Å². The van der Waals surface area contributed by atoms with E-state index in [1.165, 1.54) is 30.3 Å². The zero-order chi connectivity index (χ0) is 14.8. The van der Waals surface area contributed by atoms with Gasteiger partial charge in [0.1, 0.15) is 4.88 Å². The molecule has 1 unspecified atom stereocenters. The van der Waals surface area contributed by atoms with Crippen LogP contribution in [0.15, 0.2) is 16.3 Å². The van der Waals surface area contributed by atoms with Crippen molar-refractivity contribution in [3.05, 3.63) is 16.3 Å². The van der Waals surface area contributed by atoms with Crippen LogP contribution in [-0.2, 0) is 14.6 Å². The number of carboxylic acid groups (broad SMARTS) is 1. The van der Waals surface area contributed by atoms with Crippen LogP contribution in [0.4, 0.5) is 0 Å². The van der Waals surface area contributed by atoms with Crippen molar-refractivity contribution in [1.29, 1.82) is 0 Å². The average Bonchev–Trinajstić information content (AvgIpc) is 2.75. The van der Waals surface area contributed by atoms with Gasteiger partial charge < -0.3 is 10.0 Å². The van der Waals surface area contributed by atoms with Gasteiger partial charge in [-0.2, -0.15) is 0 Å². The third-order valence-electron chi connectivity index (χ3n) is 2.54. The molecule has 0 fully saturated rings. The van der Waals surface area contributed by atoms with Crippen LogP contribution in [0.25, 0.3) is 0 Å². The molecule has 0 saturated carbocycles. The Bertz CT molecular complexity index is 590. The molecule has 0 radical (unpaired) electrons. The summed E-state index contributed by atoms with van der Waals surface area (Å²) >= 11 is 1.03. The second-order valence-corrected chi connectivity index (χ2v) is 7.21. The van der Waals surface area contributed by atoms with Crippen LogP contribution in [0, 0.1) is 5.92 Å². The maximum absolute atomic E-state index is 12.1. The summed E-state index contributed by atoms with van der Waals surface area (Å²) < 4.78 is 23.0. The molecule has 0 saturated heterocycles. The molecule has 0 aliphatic heterocycles. The lowest BCUT2D eigenvalue weighted by Crippen LogP contribution is -2.33. The maximum Gasteiger partial charge on any atom is 0.308 e. The second kappa shape index (κ2) is 5.70. The standard InChI is InChI=1S/C11H15NO5S2/c1-7(11(14)15)6-12(2)10(13)9-8(4-5-18-9)19(3,16)17/h4-5,7H,6H2,1-3H3,(H,14,15). The average molecular weight is 305 g/mol. The number of hydrogen-bond donors (Lipinski definition) is 1. The summed E-state index contributed by atoms with van der Waals surface area (Å²) in [4.78, 5) is 24.2. The van der Waals surface area contributed by atoms with Gasteiger partial charge in [0.05, 0.1) is 10.8 Å². The van der Waals surface area contributed by atoms with Gasteiger partial charge in [0.2, 0.25) is 0 Å². The highest BCUT2D eigenvalue weighted by molar-refractivity contribution is 7.91. The molecule has 1 rings (SSSR count). The highest BCUT2D eigenvalue weighted by Crippen LogP contribution is 2.23. The first-order valence-corrected chi connectivity index (χ1v) is 8.17. The second-order valence-electron chi connectivity index (χ2n) is 4.31. The van der Waals surface area contributed by atoms with E-state index in [9.17, 15) is 18.0 Å². The third-order valence-corrected chi connectivity index (χ3v) is 4.71. The largest absolute Gasteiger partial charge is 0.481 e. The number of amides is 1. The number of carboxylic acids is 1. The molecule has 19 heavy (non-hydrogen) atoms. The molecule has 0 spiro atoms. The van der Waals surface area contributed by atoms with Crippen LogP contribution >= 0.6 is 11.3 Å². The van der Waals surface area contributed by atoms with Gasteiger partial charge in [0.15, 0.2) is 9.84 Å². The summed E-state index contributed by atoms with van der Waals surface area (Å²) in [5, 5.41) is 10.3. The van der Waals surface area contributed by atoms with Crippen molar-refractivity contribution in [3.8, 4) is 0 Å². The van der Waals surface area contributed by atoms with Gasteiger partial charge in [-0.1, -0.05) is 6.92 Å². The van der Waals surface area contributed by atoms with E-state index in [1.807, 2.05) is 0 Å². The van der Waals surface area contributed by atoms with Gasteiger partial charge in [-0.15, -0.1) is 11.3 Å². The Hall–Kier alpha value is -1.41. The summed E-state index contributed by atoms with van der Waals surface area (Å²) in [7, 11) is -2.01. The van der Waals surface area contributed by atoms with Crippen LogP contribution in [0.5, 0.6) is 0 Å². The van der Waals surface area contributed by atoms with Crippen LogP contribution in [0.3, 0.4) is 0 Å². The third kappa shape index (κ3) is 3.77. The van der Waals surface area contributed by atoms with E-state index >= 15 is 0 Å². The first-order chi connectivity index (χ1) is 8.64. The van der Waals surface area contributed by atoms with E-state index in [2.05, 4.69) is 0 Å². The number of hydrogen-bond acceptors (Lipinski definition) is 5. The molecule has 1 heterocycles. The minimum atomic E-state index is -3.47. The highest BCUT2D eigenvalue weighted by atomic mass is 32.2.